The maximum Gasteiger partial charge on any atom is 0.222 e. The Kier molecular flexibility index (Phi) is 2.06. The Bertz CT molecular complexity index is 322. The Morgan fingerprint density at radius 1 is 1.50 bits per heavy atom. The molecule has 4 heteroatoms. The zero-order valence-corrected chi connectivity index (χ0v) is 7.17. The van der Waals surface area contributed by atoms with Gasteiger partial charge in [-0.05, 0) is 23.2 Å². The molecule has 0 bridgehead atoms. The van der Waals surface area contributed by atoms with E-state index in [1.165, 1.54) is 5.57 Å². The van der Waals surface area contributed by atoms with E-state index in [9.17, 15) is 0 Å². The molecule has 2 heterocycles. The van der Waals surface area contributed by atoms with Crippen LogP contribution < -0.4 is 5.32 Å². The van der Waals surface area contributed by atoms with Crippen LogP contribution in [0.5, 0.6) is 0 Å². The van der Waals surface area contributed by atoms with Crippen molar-refractivity contribution in [3.63, 3.8) is 0 Å². The molecule has 1 aliphatic rings. The molecule has 1 aromatic rings. The molecule has 0 spiro atoms. The molecule has 1 aliphatic heterocycles. The fraction of sp³-hybridized carbons (Fsp3) is 0.250. The number of aromatic nitrogens is 2. The van der Waals surface area contributed by atoms with Crippen molar-refractivity contribution in [2.45, 2.75) is 0 Å². The zero-order valence-electron chi connectivity index (χ0n) is 6.42. The smallest absolute Gasteiger partial charge is 0.222 e. The second-order valence-electron chi connectivity index (χ2n) is 2.57. The van der Waals surface area contributed by atoms with Crippen LogP contribution in [-0.2, 0) is 0 Å². The van der Waals surface area contributed by atoms with Crippen LogP contribution in [0, 0.1) is 0 Å². The third-order valence-corrected chi connectivity index (χ3v) is 1.95. The lowest BCUT2D eigenvalue weighted by molar-refractivity contribution is 0.895. The van der Waals surface area contributed by atoms with Crippen molar-refractivity contribution in [2.24, 2.45) is 0 Å². The van der Waals surface area contributed by atoms with E-state index in [4.69, 9.17) is 11.6 Å². The summed E-state index contributed by atoms with van der Waals surface area (Å²) in [5, 5.41) is 3.50. The van der Waals surface area contributed by atoms with Crippen molar-refractivity contribution in [3.8, 4) is 0 Å². The first kappa shape index (κ1) is 7.71. The molecular weight excluding hydrogens is 174 g/mol. The van der Waals surface area contributed by atoms with Gasteiger partial charge in [0.1, 0.15) is 0 Å². The van der Waals surface area contributed by atoms with Crippen LogP contribution in [0.2, 0.25) is 5.28 Å². The average molecular weight is 182 g/mol. The number of hydrogen-bond donors (Lipinski definition) is 1. The number of halogens is 1. The van der Waals surface area contributed by atoms with E-state index in [2.05, 4.69) is 21.4 Å². The van der Waals surface area contributed by atoms with E-state index in [1.54, 1.807) is 6.20 Å². The minimum absolute atomic E-state index is 0.306. The van der Waals surface area contributed by atoms with Gasteiger partial charge in [0.15, 0.2) is 0 Å². The zero-order chi connectivity index (χ0) is 8.39. The molecular formula is C8H8ClN3. The van der Waals surface area contributed by atoms with Crippen LogP contribution in [-0.4, -0.2) is 23.1 Å². The Balaban J connectivity index is 2.33. The van der Waals surface area contributed by atoms with Crippen molar-refractivity contribution in [3.05, 3.63) is 29.3 Å². The molecule has 0 amide bonds. The number of rotatable bonds is 1. The average Bonchev–Trinajstić information content (AvgIpc) is 2.56. The monoisotopic (exact) mass is 181 g/mol. The molecule has 62 valence electrons. The van der Waals surface area contributed by atoms with Crippen molar-refractivity contribution in [1.82, 2.24) is 15.3 Å². The summed E-state index contributed by atoms with van der Waals surface area (Å²) < 4.78 is 0. The molecule has 2 rings (SSSR count). The van der Waals surface area contributed by atoms with Gasteiger partial charge in [0, 0.05) is 19.3 Å². The van der Waals surface area contributed by atoms with Crippen molar-refractivity contribution in [2.75, 3.05) is 13.1 Å². The second-order valence-corrected chi connectivity index (χ2v) is 2.91. The maximum atomic E-state index is 5.65. The van der Waals surface area contributed by atoms with Gasteiger partial charge in [-0.25, -0.2) is 9.97 Å². The first-order valence-electron chi connectivity index (χ1n) is 3.75. The normalized spacial score (nSPS) is 16.2. The van der Waals surface area contributed by atoms with E-state index >= 15 is 0 Å². The van der Waals surface area contributed by atoms with E-state index in [-0.39, 0.29) is 0 Å². The quantitative estimate of drug-likeness (QED) is 0.660. The summed E-state index contributed by atoms with van der Waals surface area (Å²) >= 11 is 5.65. The van der Waals surface area contributed by atoms with E-state index in [0.717, 1.165) is 18.8 Å². The molecule has 0 saturated heterocycles. The fourth-order valence-corrected chi connectivity index (χ4v) is 1.33. The minimum atomic E-state index is 0.306. The number of hydrogen-bond acceptors (Lipinski definition) is 3. The van der Waals surface area contributed by atoms with Gasteiger partial charge in [0.25, 0.3) is 0 Å². The molecule has 0 saturated carbocycles. The van der Waals surface area contributed by atoms with Crippen molar-refractivity contribution >= 4 is 17.2 Å². The van der Waals surface area contributed by atoms with Crippen LogP contribution in [0.1, 0.15) is 5.69 Å². The molecule has 0 fully saturated rings. The largest absolute Gasteiger partial charge is 0.309 e. The van der Waals surface area contributed by atoms with Gasteiger partial charge in [-0.1, -0.05) is 6.08 Å². The second kappa shape index (κ2) is 3.21. The summed E-state index contributed by atoms with van der Waals surface area (Å²) in [6.07, 6.45) is 3.78. The molecule has 0 unspecified atom stereocenters. The predicted molar refractivity (Wildman–Crippen MR) is 47.9 cm³/mol. The lowest BCUT2D eigenvalue weighted by Gasteiger charge is -1.99. The highest BCUT2D eigenvalue weighted by molar-refractivity contribution is 6.28. The summed E-state index contributed by atoms with van der Waals surface area (Å²) in [5.74, 6) is 0. The highest BCUT2D eigenvalue weighted by Crippen LogP contribution is 2.14. The van der Waals surface area contributed by atoms with Gasteiger partial charge in [0.2, 0.25) is 5.28 Å². The van der Waals surface area contributed by atoms with Gasteiger partial charge >= 0.3 is 0 Å². The highest BCUT2D eigenvalue weighted by Gasteiger charge is 2.07. The fourth-order valence-electron chi connectivity index (χ4n) is 1.18. The van der Waals surface area contributed by atoms with E-state index in [0.29, 0.717) is 5.28 Å². The van der Waals surface area contributed by atoms with Crippen LogP contribution in [0.3, 0.4) is 0 Å². The van der Waals surface area contributed by atoms with Crippen LogP contribution in [0.25, 0.3) is 5.57 Å². The Labute approximate surface area is 75.5 Å². The summed E-state index contributed by atoms with van der Waals surface area (Å²) in [6, 6.07) is 1.87. The molecule has 0 radical (unpaired) electrons. The summed E-state index contributed by atoms with van der Waals surface area (Å²) in [5.41, 5.74) is 2.11. The first-order valence-corrected chi connectivity index (χ1v) is 4.13. The summed E-state index contributed by atoms with van der Waals surface area (Å²) in [6.45, 7) is 1.78. The molecule has 0 aromatic carbocycles. The van der Waals surface area contributed by atoms with Crippen LogP contribution in [0.4, 0.5) is 0 Å². The van der Waals surface area contributed by atoms with Gasteiger partial charge in [-0.3, -0.25) is 0 Å². The van der Waals surface area contributed by atoms with Crippen molar-refractivity contribution < 1.29 is 0 Å². The standard InChI is InChI=1S/C8H8ClN3/c9-8-11-4-2-7(12-8)6-1-3-10-5-6/h1-2,4,10H,3,5H2. The topological polar surface area (TPSA) is 37.8 Å². The van der Waals surface area contributed by atoms with Gasteiger partial charge < -0.3 is 5.32 Å². The molecule has 12 heavy (non-hydrogen) atoms. The van der Waals surface area contributed by atoms with E-state index in [1.807, 2.05) is 6.07 Å². The molecule has 1 aromatic heterocycles. The molecule has 0 aliphatic carbocycles. The Morgan fingerprint density at radius 3 is 3.08 bits per heavy atom. The summed E-state index contributed by atoms with van der Waals surface area (Å²) in [4.78, 5) is 7.92. The number of nitrogens with one attached hydrogen (secondary N) is 1. The SMILES string of the molecule is Clc1nccc(C2=CCNC2)n1. The third kappa shape index (κ3) is 1.47. The lowest BCUT2D eigenvalue weighted by atomic mass is 10.2. The van der Waals surface area contributed by atoms with Gasteiger partial charge in [-0.15, -0.1) is 0 Å². The number of nitrogens with zero attached hydrogens (tertiary/aromatic N) is 2. The molecule has 1 N–H and O–H groups in total. The molecule has 0 atom stereocenters. The van der Waals surface area contributed by atoms with E-state index < -0.39 is 0 Å². The minimum Gasteiger partial charge on any atom is -0.309 e. The Morgan fingerprint density at radius 2 is 2.42 bits per heavy atom. The van der Waals surface area contributed by atoms with Crippen LogP contribution >= 0.6 is 11.6 Å². The maximum absolute atomic E-state index is 5.65. The van der Waals surface area contributed by atoms with Crippen LogP contribution in [0.15, 0.2) is 18.3 Å². The lowest BCUT2D eigenvalue weighted by Crippen LogP contribution is -2.08. The van der Waals surface area contributed by atoms with Gasteiger partial charge in [-0.2, -0.15) is 0 Å². The van der Waals surface area contributed by atoms with Gasteiger partial charge in [0.05, 0.1) is 5.69 Å². The molecule has 3 nitrogen and oxygen atoms in total. The van der Waals surface area contributed by atoms with Crippen molar-refractivity contribution in [1.29, 1.82) is 0 Å². The Hall–Kier alpha value is -0.930. The first-order chi connectivity index (χ1) is 5.86. The summed E-state index contributed by atoms with van der Waals surface area (Å²) in [7, 11) is 0. The highest BCUT2D eigenvalue weighted by atomic mass is 35.5. The third-order valence-electron chi connectivity index (χ3n) is 1.76. The predicted octanol–water partition coefficient (Wildman–Crippen LogP) is 1.12.